The SMILES string of the molecule is CCCCCCCCCCC(C)CN(CCN(CCN1CCN(CCN(CC(O)CCCCCCCCCC)CC(O)CCCCCCCCCC)CC1)CC(C)CCCCCCCC)CC(C)CCCCCCCCCC. The average Bonchev–Trinajstić information content (AvgIpc) is 3.43. The molecule has 2 N–H and O–H groups in total. The van der Waals surface area contributed by atoms with Gasteiger partial charge in [-0.2, -0.15) is 0 Å². The number of aliphatic hydroxyl groups is 2. The zero-order valence-electron chi connectivity index (χ0n) is 55.0. The molecule has 1 fully saturated rings. The van der Waals surface area contributed by atoms with E-state index in [-0.39, 0.29) is 12.2 Å². The van der Waals surface area contributed by atoms with Crippen LogP contribution < -0.4 is 0 Å². The Kier molecular flexibility index (Phi) is 55.5. The van der Waals surface area contributed by atoms with Gasteiger partial charge in [-0.25, -0.2) is 0 Å². The van der Waals surface area contributed by atoms with Crippen LogP contribution in [0.5, 0.6) is 0 Å². The lowest BCUT2D eigenvalue weighted by atomic mass is 9.98. The van der Waals surface area contributed by atoms with E-state index in [0.717, 1.165) is 82.7 Å². The van der Waals surface area contributed by atoms with Crippen molar-refractivity contribution < 1.29 is 10.2 Å². The van der Waals surface area contributed by atoms with E-state index in [2.05, 4.69) is 79.9 Å². The molecule has 1 aliphatic heterocycles. The van der Waals surface area contributed by atoms with E-state index in [4.69, 9.17) is 0 Å². The molecular formula is C71H147N5O2. The molecule has 7 nitrogen and oxygen atoms in total. The van der Waals surface area contributed by atoms with Gasteiger partial charge in [-0.3, -0.25) is 14.7 Å². The van der Waals surface area contributed by atoms with Crippen LogP contribution in [0.1, 0.15) is 331 Å². The fraction of sp³-hybridized carbons (Fsp3) is 1.00. The van der Waals surface area contributed by atoms with E-state index < -0.39 is 0 Å². The second kappa shape index (κ2) is 57.2. The Morgan fingerprint density at radius 1 is 0.269 bits per heavy atom. The third-order valence-electron chi connectivity index (χ3n) is 18.2. The number of piperazine rings is 1. The van der Waals surface area contributed by atoms with E-state index in [9.17, 15) is 10.2 Å². The van der Waals surface area contributed by atoms with Crippen molar-refractivity contribution in [2.45, 2.75) is 344 Å². The van der Waals surface area contributed by atoms with Gasteiger partial charge in [0.15, 0.2) is 0 Å². The molecule has 0 bridgehead atoms. The third-order valence-corrected chi connectivity index (χ3v) is 18.2. The lowest BCUT2D eigenvalue weighted by Crippen LogP contribution is -2.51. The average molecular weight is 1100 g/mol. The van der Waals surface area contributed by atoms with Gasteiger partial charge in [0.05, 0.1) is 12.2 Å². The Labute approximate surface area is 492 Å². The van der Waals surface area contributed by atoms with Crippen LogP contribution in [-0.4, -0.2) is 145 Å². The largest absolute Gasteiger partial charge is 0.392 e. The highest BCUT2D eigenvalue weighted by Crippen LogP contribution is 2.21. The van der Waals surface area contributed by atoms with Crippen LogP contribution in [0.4, 0.5) is 0 Å². The van der Waals surface area contributed by atoms with Gasteiger partial charge < -0.3 is 20.0 Å². The minimum atomic E-state index is -0.299. The zero-order chi connectivity index (χ0) is 56.8. The molecule has 1 heterocycles. The lowest BCUT2D eigenvalue weighted by molar-refractivity contribution is 0.0487. The van der Waals surface area contributed by atoms with E-state index in [0.29, 0.717) is 13.1 Å². The van der Waals surface area contributed by atoms with E-state index >= 15 is 0 Å². The zero-order valence-corrected chi connectivity index (χ0v) is 55.0. The van der Waals surface area contributed by atoms with Crippen LogP contribution in [-0.2, 0) is 0 Å². The van der Waals surface area contributed by atoms with Gasteiger partial charge in [0.2, 0.25) is 0 Å². The highest BCUT2D eigenvalue weighted by Gasteiger charge is 2.23. The second-order valence-corrected chi connectivity index (χ2v) is 26.7. The lowest BCUT2D eigenvalue weighted by Gasteiger charge is -2.38. The summed E-state index contributed by atoms with van der Waals surface area (Å²) in [6.45, 7) is 35.8. The van der Waals surface area contributed by atoms with Gasteiger partial charge in [0, 0.05) is 98.2 Å². The standard InChI is InChI=1S/C71H147N5O2/c1-9-14-19-24-29-33-38-43-48-68(7)63-75(64-69(8)49-44-39-34-30-25-20-15-10-2)61-59-74(62-67(6)47-42-37-28-23-18-13-5)58-56-72-52-54-73(55-53-72)57-60-76(65-70(77)50-45-40-35-31-26-21-16-11-3)66-71(78)51-46-41-36-32-27-22-17-12-4/h67-71,77-78H,9-66H2,1-8H3. The van der Waals surface area contributed by atoms with Crippen LogP contribution in [0.25, 0.3) is 0 Å². The predicted octanol–water partition coefficient (Wildman–Crippen LogP) is 19.0. The first-order chi connectivity index (χ1) is 38.1. The smallest absolute Gasteiger partial charge is 0.0667 e. The maximum Gasteiger partial charge on any atom is 0.0667 e. The molecule has 0 aromatic rings. The maximum absolute atomic E-state index is 11.3. The fourth-order valence-corrected chi connectivity index (χ4v) is 12.8. The molecule has 468 valence electrons. The summed E-state index contributed by atoms with van der Waals surface area (Å²) in [4.78, 5) is 13.7. The predicted molar refractivity (Wildman–Crippen MR) is 349 cm³/mol. The molecule has 5 atom stereocenters. The molecule has 0 aromatic carbocycles. The quantitative estimate of drug-likeness (QED) is 0.0589. The Hall–Kier alpha value is -0.280. The van der Waals surface area contributed by atoms with Crippen molar-refractivity contribution in [3.8, 4) is 0 Å². The molecule has 0 aliphatic carbocycles. The Morgan fingerprint density at radius 2 is 0.487 bits per heavy atom. The number of nitrogens with zero attached hydrogens (tertiary/aromatic N) is 5. The van der Waals surface area contributed by atoms with Gasteiger partial charge >= 0.3 is 0 Å². The monoisotopic (exact) mass is 1100 g/mol. The Balaban J connectivity index is 2.91. The summed E-state index contributed by atoms with van der Waals surface area (Å²) in [5.74, 6) is 2.31. The molecule has 1 saturated heterocycles. The third kappa shape index (κ3) is 49.2. The normalized spacial score (nSPS) is 15.8. The summed E-state index contributed by atoms with van der Waals surface area (Å²) in [6, 6.07) is 0. The molecular weight excluding hydrogens is 955 g/mol. The second-order valence-electron chi connectivity index (χ2n) is 26.7. The molecule has 0 radical (unpaired) electrons. The van der Waals surface area contributed by atoms with Crippen LogP contribution in [0.2, 0.25) is 0 Å². The Bertz CT molecular complexity index is 1110. The van der Waals surface area contributed by atoms with E-state index in [1.807, 2.05) is 0 Å². The van der Waals surface area contributed by atoms with E-state index in [1.54, 1.807) is 0 Å². The molecule has 5 unspecified atom stereocenters. The molecule has 0 spiro atoms. The number of hydrogen-bond acceptors (Lipinski definition) is 7. The molecule has 1 aliphatic rings. The van der Waals surface area contributed by atoms with Crippen molar-refractivity contribution in [3.63, 3.8) is 0 Å². The molecule has 1 rings (SSSR count). The fourth-order valence-electron chi connectivity index (χ4n) is 12.8. The van der Waals surface area contributed by atoms with E-state index in [1.165, 1.54) is 296 Å². The molecule has 0 amide bonds. The number of rotatable bonds is 62. The van der Waals surface area contributed by atoms with Crippen molar-refractivity contribution in [3.05, 3.63) is 0 Å². The summed E-state index contributed by atoms with van der Waals surface area (Å²) in [5, 5.41) is 22.6. The van der Waals surface area contributed by atoms with Gasteiger partial charge in [-0.1, -0.05) is 299 Å². The molecule has 0 saturated carbocycles. The molecule has 78 heavy (non-hydrogen) atoms. The number of unbranched alkanes of at least 4 members (excludes halogenated alkanes) is 33. The first-order valence-corrected chi connectivity index (χ1v) is 36.1. The van der Waals surface area contributed by atoms with Crippen LogP contribution in [0.3, 0.4) is 0 Å². The van der Waals surface area contributed by atoms with Gasteiger partial charge in [0.25, 0.3) is 0 Å². The number of aliphatic hydroxyl groups excluding tert-OH is 2. The maximum atomic E-state index is 11.3. The van der Waals surface area contributed by atoms with Crippen molar-refractivity contribution in [1.29, 1.82) is 0 Å². The topological polar surface area (TPSA) is 56.7 Å². The van der Waals surface area contributed by atoms with Crippen LogP contribution in [0, 0.1) is 17.8 Å². The minimum absolute atomic E-state index is 0.299. The van der Waals surface area contributed by atoms with Crippen molar-refractivity contribution in [2.24, 2.45) is 17.8 Å². The van der Waals surface area contributed by atoms with Crippen molar-refractivity contribution >= 4 is 0 Å². The van der Waals surface area contributed by atoms with Crippen LogP contribution in [0.15, 0.2) is 0 Å². The molecule has 0 aromatic heterocycles. The minimum Gasteiger partial charge on any atom is -0.392 e. The van der Waals surface area contributed by atoms with Crippen molar-refractivity contribution in [2.75, 3.05) is 98.2 Å². The summed E-state index contributed by atoms with van der Waals surface area (Å²) < 4.78 is 0. The summed E-state index contributed by atoms with van der Waals surface area (Å²) in [5.41, 5.74) is 0. The van der Waals surface area contributed by atoms with Gasteiger partial charge in [0.1, 0.15) is 0 Å². The number of hydrogen-bond donors (Lipinski definition) is 2. The first-order valence-electron chi connectivity index (χ1n) is 36.1. The summed E-state index contributed by atoms with van der Waals surface area (Å²) in [7, 11) is 0. The van der Waals surface area contributed by atoms with Gasteiger partial charge in [-0.05, 0) is 49.9 Å². The van der Waals surface area contributed by atoms with Crippen molar-refractivity contribution in [1.82, 2.24) is 24.5 Å². The van der Waals surface area contributed by atoms with Crippen LogP contribution >= 0.6 is 0 Å². The van der Waals surface area contributed by atoms with Gasteiger partial charge in [-0.15, -0.1) is 0 Å². The summed E-state index contributed by atoms with van der Waals surface area (Å²) in [6.07, 6.45) is 57.2. The molecule has 7 heteroatoms. The first kappa shape index (κ1) is 75.7. The summed E-state index contributed by atoms with van der Waals surface area (Å²) >= 11 is 0. The highest BCUT2D eigenvalue weighted by molar-refractivity contribution is 4.78. The highest BCUT2D eigenvalue weighted by atomic mass is 16.3. The Morgan fingerprint density at radius 3 is 0.782 bits per heavy atom.